The van der Waals surface area contributed by atoms with Crippen molar-refractivity contribution >= 4 is 28.9 Å². The molecule has 13 heteroatoms. The van der Waals surface area contributed by atoms with E-state index in [-0.39, 0.29) is 29.3 Å². The molecule has 0 bridgehead atoms. The maximum atomic E-state index is 13.6. The Bertz CT molecular complexity index is 1520. The van der Waals surface area contributed by atoms with Crippen LogP contribution >= 0.6 is 0 Å². The number of Topliss-reactive ketones (excluding diaryl/α,β-unsaturated/α-hetero) is 1. The van der Waals surface area contributed by atoms with Crippen LogP contribution in [0.5, 0.6) is 0 Å². The zero-order valence-electron chi connectivity index (χ0n) is 18.7. The summed E-state index contributed by atoms with van der Waals surface area (Å²) in [5, 5.41) is 24.3. The van der Waals surface area contributed by atoms with E-state index in [9.17, 15) is 22.8 Å². The molecule has 36 heavy (non-hydrogen) atoms. The van der Waals surface area contributed by atoms with Crippen LogP contribution in [-0.4, -0.2) is 41.0 Å². The van der Waals surface area contributed by atoms with Gasteiger partial charge in [0.05, 0.1) is 23.5 Å². The van der Waals surface area contributed by atoms with Gasteiger partial charge in [0.15, 0.2) is 22.9 Å². The summed E-state index contributed by atoms with van der Waals surface area (Å²) in [6.45, 7) is 1.47. The van der Waals surface area contributed by atoms with Crippen molar-refractivity contribution in [3.63, 3.8) is 0 Å². The third kappa shape index (κ3) is 4.74. The molecular weight excluding hydrogens is 479 g/mol. The highest BCUT2D eigenvalue weighted by molar-refractivity contribution is 6.06. The number of anilines is 2. The van der Waals surface area contributed by atoms with Gasteiger partial charge in [-0.2, -0.15) is 23.5 Å². The van der Waals surface area contributed by atoms with E-state index < -0.39 is 30.0 Å². The number of nitriles is 1. The first-order chi connectivity index (χ1) is 17.1. The number of nitrogens with one attached hydrogen (secondary N) is 1. The zero-order chi connectivity index (χ0) is 26.0. The number of aliphatic carboxylic acids is 1. The fourth-order valence-electron chi connectivity index (χ4n) is 3.78. The normalized spacial score (nSPS) is 11.4. The van der Waals surface area contributed by atoms with Gasteiger partial charge < -0.3 is 10.4 Å². The van der Waals surface area contributed by atoms with Crippen LogP contribution in [0.1, 0.15) is 35.0 Å². The van der Waals surface area contributed by atoms with Crippen molar-refractivity contribution in [3.05, 3.63) is 59.8 Å². The minimum atomic E-state index is -4.75. The van der Waals surface area contributed by atoms with Crippen LogP contribution in [-0.2, 0) is 23.9 Å². The van der Waals surface area contributed by atoms with Crippen molar-refractivity contribution in [2.75, 3.05) is 5.32 Å². The summed E-state index contributed by atoms with van der Waals surface area (Å²) in [5.41, 5.74) is 0.419. The Morgan fingerprint density at radius 2 is 2.03 bits per heavy atom. The predicted molar refractivity (Wildman–Crippen MR) is 121 cm³/mol. The molecule has 0 atom stereocenters. The minimum absolute atomic E-state index is 0.107. The Morgan fingerprint density at radius 3 is 2.69 bits per heavy atom. The quantitative estimate of drug-likeness (QED) is 0.274. The van der Waals surface area contributed by atoms with Gasteiger partial charge in [-0.15, -0.1) is 0 Å². The number of carbonyl (C=O) groups is 2. The first-order valence-electron chi connectivity index (χ1n) is 10.6. The molecule has 0 amide bonds. The topological polar surface area (TPSA) is 138 Å². The van der Waals surface area contributed by atoms with Crippen LogP contribution in [0, 0.1) is 11.3 Å². The Kier molecular flexibility index (Phi) is 6.43. The molecule has 0 spiro atoms. The number of aryl methyl sites for hydroxylation is 1. The summed E-state index contributed by atoms with van der Waals surface area (Å²) in [5.74, 6) is -1.49. The standard InChI is InChI=1S/C23H18F3N7O3/c1-2-13-9-14(3-4-15(13)18(34)10-19(35)36)30-21-22-29-11-17(33(22)8-6-28-21)16-12-32(7-5-27)31-20(16)23(24,25)26/h3-4,6,8-9,11-12H,2,7,10H2,1H3,(H,28,30)(H,35,36). The number of carboxylic acids is 1. The first kappa shape index (κ1) is 24.4. The summed E-state index contributed by atoms with van der Waals surface area (Å²) < 4.78 is 43.2. The number of aromatic nitrogens is 5. The van der Waals surface area contributed by atoms with Crippen LogP contribution < -0.4 is 5.32 Å². The number of carbonyl (C=O) groups excluding carboxylic acids is 1. The number of hydrogen-bond acceptors (Lipinski definition) is 7. The average molecular weight is 497 g/mol. The van der Waals surface area contributed by atoms with E-state index in [0.717, 1.165) is 10.9 Å². The fourth-order valence-corrected chi connectivity index (χ4v) is 3.78. The van der Waals surface area contributed by atoms with E-state index in [2.05, 4.69) is 20.4 Å². The second-order valence-electron chi connectivity index (χ2n) is 7.70. The van der Waals surface area contributed by atoms with Gasteiger partial charge in [-0.1, -0.05) is 6.92 Å². The zero-order valence-corrected chi connectivity index (χ0v) is 18.7. The molecule has 0 fully saturated rings. The summed E-state index contributed by atoms with van der Waals surface area (Å²) >= 11 is 0. The molecule has 4 rings (SSSR count). The second kappa shape index (κ2) is 9.49. The molecule has 0 aliphatic rings. The number of fused-ring (bicyclic) bond motifs is 1. The average Bonchev–Trinajstić information content (AvgIpc) is 3.43. The van der Waals surface area contributed by atoms with E-state index in [1.54, 1.807) is 18.2 Å². The maximum absolute atomic E-state index is 13.6. The summed E-state index contributed by atoms with van der Waals surface area (Å²) in [4.78, 5) is 31.6. The van der Waals surface area contributed by atoms with Crippen molar-refractivity contribution in [1.29, 1.82) is 5.26 Å². The molecule has 0 saturated heterocycles. The van der Waals surface area contributed by atoms with E-state index in [1.807, 2.05) is 6.92 Å². The SMILES string of the molecule is CCc1cc(Nc2nccn3c(-c4cn(CC#N)nc4C(F)(F)F)cnc23)ccc1C(=O)CC(=O)O. The smallest absolute Gasteiger partial charge is 0.435 e. The van der Waals surface area contributed by atoms with Crippen molar-refractivity contribution in [1.82, 2.24) is 24.1 Å². The largest absolute Gasteiger partial charge is 0.481 e. The van der Waals surface area contributed by atoms with Crippen LogP contribution in [0.3, 0.4) is 0 Å². The predicted octanol–water partition coefficient (Wildman–Crippen LogP) is 4.10. The molecule has 3 heterocycles. The monoisotopic (exact) mass is 497 g/mol. The van der Waals surface area contributed by atoms with Gasteiger partial charge in [0, 0.05) is 29.8 Å². The van der Waals surface area contributed by atoms with E-state index in [4.69, 9.17) is 10.4 Å². The van der Waals surface area contributed by atoms with Gasteiger partial charge in [-0.25, -0.2) is 9.97 Å². The van der Waals surface area contributed by atoms with E-state index in [0.29, 0.717) is 23.2 Å². The van der Waals surface area contributed by atoms with Gasteiger partial charge >= 0.3 is 12.1 Å². The van der Waals surface area contributed by atoms with Crippen LogP contribution in [0.2, 0.25) is 0 Å². The molecule has 0 aliphatic heterocycles. The molecule has 1 aromatic carbocycles. The number of alkyl halides is 3. The van der Waals surface area contributed by atoms with Crippen molar-refractivity contribution in [2.45, 2.75) is 32.5 Å². The number of ketones is 1. The summed E-state index contributed by atoms with van der Waals surface area (Å²) in [6, 6.07) is 6.54. The highest BCUT2D eigenvalue weighted by Crippen LogP contribution is 2.37. The van der Waals surface area contributed by atoms with Crippen LogP contribution in [0.25, 0.3) is 16.9 Å². The molecule has 3 aromatic heterocycles. The summed E-state index contributed by atoms with van der Waals surface area (Å²) in [7, 11) is 0. The van der Waals surface area contributed by atoms with Crippen molar-refractivity contribution < 1.29 is 27.9 Å². The van der Waals surface area contributed by atoms with Crippen molar-refractivity contribution in [3.8, 4) is 17.3 Å². The third-order valence-corrected chi connectivity index (χ3v) is 5.33. The number of nitrogens with zero attached hydrogens (tertiary/aromatic N) is 6. The second-order valence-corrected chi connectivity index (χ2v) is 7.70. The molecule has 2 N–H and O–H groups in total. The van der Waals surface area contributed by atoms with Gasteiger partial charge in [0.1, 0.15) is 13.0 Å². The Morgan fingerprint density at radius 1 is 1.25 bits per heavy atom. The maximum Gasteiger partial charge on any atom is 0.435 e. The Balaban J connectivity index is 1.72. The molecule has 10 nitrogen and oxygen atoms in total. The molecule has 184 valence electrons. The number of carboxylic acid groups (broad SMARTS) is 1. The highest BCUT2D eigenvalue weighted by Gasteiger charge is 2.38. The molecule has 0 unspecified atom stereocenters. The number of hydrogen-bond donors (Lipinski definition) is 2. The van der Waals surface area contributed by atoms with Gasteiger partial charge in [-0.05, 0) is 30.2 Å². The van der Waals surface area contributed by atoms with Gasteiger partial charge in [-0.3, -0.25) is 18.7 Å². The number of imidazole rings is 1. The van der Waals surface area contributed by atoms with E-state index in [1.165, 1.54) is 29.1 Å². The molecule has 4 aromatic rings. The molecular formula is C23H18F3N7O3. The van der Waals surface area contributed by atoms with Crippen LogP contribution in [0.4, 0.5) is 24.7 Å². The minimum Gasteiger partial charge on any atom is -0.481 e. The highest BCUT2D eigenvalue weighted by atomic mass is 19.4. The molecule has 0 radical (unpaired) electrons. The van der Waals surface area contributed by atoms with E-state index >= 15 is 0 Å². The number of rotatable bonds is 8. The number of halogens is 3. The third-order valence-electron chi connectivity index (χ3n) is 5.33. The molecule has 0 saturated carbocycles. The number of benzene rings is 1. The van der Waals surface area contributed by atoms with Crippen LogP contribution in [0.15, 0.2) is 43.0 Å². The lowest BCUT2D eigenvalue weighted by Gasteiger charge is -2.12. The Labute approximate surface area is 201 Å². The lowest BCUT2D eigenvalue weighted by atomic mass is 9.99. The molecule has 0 aliphatic carbocycles. The fraction of sp³-hybridized carbons (Fsp3) is 0.217. The summed E-state index contributed by atoms with van der Waals surface area (Å²) in [6.07, 6.45) is 0.343. The lowest BCUT2D eigenvalue weighted by Crippen LogP contribution is -2.10. The lowest BCUT2D eigenvalue weighted by molar-refractivity contribution is -0.141. The van der Waals surface area contributed by atoms with Gasteiger partial charge in [0.2, 0.25) is 0 Å². The first-order valence-corrected chi connectivity index (χ1v) is 10.6. The van der Waals surface area contributed by atoms with Crippen molar-refractivity contribution in [2.24, 2.45) is 0 Å². The van der Waals surface area contributed by atoms with Gasteiger partial charge in [0.25, 0.3) is 0 Å². The Hall–Kier alpha value is -4.73.